The van der Waals surface area contributed by atoms with Crippen LogP contribution in [0, 0.1) is 6.92 Å². The van der Waals surface area contributed by atoms with E-state index in [9.17, 15) is 4.79 Å². The largest absolute Gasteiger partial charge is 0.295 e. The second kappa shape index (κ2) is 4.27. The van der Waals surface area contributed by atoms with E-state index >= 15 is 0 Å². The van der Waals surface area contributed by atoms with Gasteiger partial charge in [0.15, 0.2) is 5.78 Å². The molecule has 0 spiro atoms. The lowest BCUT2D eigenvalue weighted by molar-refractivity contribution is 0.101. The molecule has 0 aliphatic heterocycles. The van der Waals surface area contributed by atoms with Crippen LogP contribution in [-0.4, -0.2) is 10.8 Å². The summed E-state index contributed by atoms with van der Waals surface area (Å²) in [7, 11) is 0. The van der Waals surface area contributed by atoms with Crippen LogP contribution in [0.5, 0.6) is 0 Å². The molecule has 0 N–H and O–H groups in total. The second-order valence-corrected chi connectivity index (χ2v) is 3.82. The van der Waals surface area contributed by atoms with E-state index in [4.69, 9.17) is 0 Å². The predicted molar refractivity (Wildman–Crippen MR) is 64.4 cm³/mol. The van der Waals surface area contributed by atoms with Crippen LogP contribution in [0.4, 0.5) is 0 Å². The highest BCUT2D eigenvalue weighted by Gasteiger charge is 2.00. The van der Waals surface area contributed by atoms with Gasteiger partial charge in [-0.2, -0.15) is 0 Å². The summed E-state index contributed by atoms with van der Waals surface area (Å²) in [6.45, 7) is 3.53. The van der Waals surface area contributed by atoms with E-state index in [1.54, 1.807) is 6.92 Å². The number of aromatic nitrogens is 1. The van der Waals surface area contributed by atoms with E-state index in [-0.39, 0.29) is 5.78 Å². The number of rotatable bonds is 2. The quantitative estimate of drug-likeness (QED) is 0.714. The summed E-state index contributed by atoms with van der Waals surface area (Å²) in [6, 6.07) is 11.6. The lowest BCUT2D eigenvalue weighted by Crippen LogP contribution is -1.91. The van der Waals surface area contributed by atoms with Crippen LogP contribution >= 0.6 is 0 Å². The molecule has 0 fully saturated rings. The molecule has 0 unspecified atom stereocenters. The van der Waals surface area contributed by atoms with Gasteiger partial charge in [-0.3, -0.25) is 9.78 Å². The highest BCUT2D eigenvalue weighted by atomic mass is 16.1. The number of Topliss-reactive ketones (excluding diaryl/α,β-unsaturated/α-hetero) is 1. The number of hydrogen-bond donors (Lipinski definition) is 0. The first-order valence-electron chi connectivity index (χ1n) is 5.21. The van der Waals surface area contributed by atoms with E-state index in [0.29, 0.717) is 0 Å². The van der Waals surface area contributed by atoms with Crippen LogP contribution < -0.4 is 0 Å². The van der Waals surface area contributed by atoms with Crippen molar-refractivity contribution in [1.82, 2.24) is 4.98 Å². The molecular formula is C14H13NO. The Labute approximate surface area is 95.0 Å². The van der Waals surface area contributed by atoms with E-state index in [0.717, 1.165) is 22.4 Å². The molecule has 1 heterocycles. The number of carbonyl (C=O) groups excluding carboxylic acids is 1. The molecule has 1 aromatic carbocycles. The van der Waals surface area contributed by atoms with Gasteiger partial charge in [-0.05, 0) is 25.5 Å². The standard InChI is InChI=1S/C14H13NO/c1-10-3-4-14(9-15-10)13-7-5-12(6-8-13)11(2)16/h3-9H,1-2H3. The first-order valence-corrected chi connectivity index (χ1v) is 5.21. The van der Waals surface area contributed by atoms with Crippen LogP contribution in [0.2, 0.25) is 0 Å². The molecule has 0 saturated heterocycles. The van der Waals surface area contributed by atoms with Gasteiger partial charge in [0, 0.05) is 23.0 Å². The van der Waals surface area contributed by atoms with Crippen molar-refractivity contribution in [1.29, 1.82) is 0 Å². The minimum absolute atomic E-state index is 0.0913. The van der Waals surface area contributed by atoms with Crippen molar-refractivity contribution >= 4 is 5.78 Å². The summed E-state index contributed by atoms with van der Waals surface area (Å²) in [6.07, 6.45) is 1.85. The summed E-state index contributed by atoms with van der Waals surface area (Å²) in [5.74, 6) is 0.0913. The molecule has 0 radical (unpaired) electrons. The molecule has 0 atom stereocenters. The average molecular weight is 211 g/mol. The maximum Gasteiger partial charge on any atom is 0.159 e. The Bertz CT molecular complexity index is 497. The summed E-state index contributed by atoms with van der Waals surface area (Å²) in [5, 5.41) is 0. The summed E-state index contributed by atoms with van der Waals surface area (Å²) in [4.78, 5) is 15.4. The number of aryl methyl sites for hydroxylation is 1. The normalized spacial score (nSPS) is 10.1. The Morgan fingerprint density at radius 1 is 1.00 bits per heavy atom. The third-order valence-corrected chi connectivity index (χ3v) is 2.54. The molecule has 16 heavy (non-hydrogen) atoms. The van der Waals surface area contributed by atoms with Gasteiger partial charge in [0.2, 0.25) is 0 Å². The molecule has 0 saturated carbocycles. The summed E-state index contributed by atoms with van der Waals surface area (Å²) < 4.78 is 0. The number of nitrogens with zero attached hydrogens (tertiary/aromatic N) is 1. The third kappa shape index (κ3) is 2.16. The SMILES string of the molecule is CC(=O)c1ccc(-c2ccc(C)nc2)cc1. The molecule has 2 rings (SSSR count). The Morgan fingerprint density at radius 3 is 2.12 bits per heavy atom. The predicted octanol–water partition coefficient (Wildman–Crippen LogP) is 3.26. The van der Waals surface area contributed by atoms with Crippen molar-refractivity contribution in [2.75, 3.05) is 0 Å². The molecule has 0 aliphatic rings. The van der Waals surface area contributed by atoms with Crippen LogP contribution in [0.15, 0.2) is 42.6 Å². The maximum atomic E-state index is 11.1. The Morgan fingerprint density at radius 2 is 1.62 bits per heavy atom. The summed E-state index contributed by atoms with van der Waals surface area (Å²) in [5.41, 5.74) is 3.89. The molecule has 2 heteroatoms. The van der Waals surface area contributed by atoms with Crippen molar-refractivity contribution < 1.29 is 4.79 Å². The number of benzene rings is 1. The molecule has 0 bridgehead atoms. The second-order valence-electron chi connectivity index (χ2n) is 3.82. The first kappa shape index (κ1) is 10.6. The summed E-state index contributed by atoms with van der Waals surface area (Å²) >= 11 is 0. The van der Waals surface area contributed by atoms with Crippen LogP contribution in [0.3, 0.4) is 0 Å². The number of hydrogen-bond acceptors (Lipinski definition) is 2. The van der Waals surface area contributed by atoms with Gasteiger partial charge in [0.05, 0.1) is 0 Å². The molecule has 0 amide bonds. The van der Waals surface area contributed by atoms with Crippen molar-refractivity contribution in [3.63, 3.8) is 0 Å². The van der Waals surface area contributed by atoms with Crippen LogP contribution in [0.25, 0.3) is 11.1 Å². The van der Waals surface area contributed by atoms with E-state index in [1.807, 2.05) is 49.5 Å². The minimum Gasteiger partial charge on any atom is -0.295 e. The Balaban J connectivity index is 2.34. The monoisotopic (exact) mass is 211 g/mol. The van der Waals surface area contributed by atoms with Gasteiger partial charge in [0.25, 0.3) is 0 Å². The van der Waals surface area contributed by atoms with Crippen molar-refractivity contribution in [2.24, 2.45) is 0 Å². The molecule has 80 valence electrons. The molecule has 0 aliphatic carbocycles. The zero-order chi connectivity index (χ0) is 11.5. The van der Waals surface area contributed by atoms with Gasteiger partial charge in [-0.15, -0.1) is 0 Å². The van der Waals surface area contributed by atoms with E-state index in [2.05, 4.69) is 4.98 Å². The van der Waals surface area contributed by atoms with E-state index < -0.39 is 0 Å². The topological polar surface area (TPSA) is 30.0 Å². The average Bonchev–Trinajstić information content (AvgIpc) is 2.30. The van der Waals surface area contributed by atoms with Crippen molar-refractivity contribution in [2.45, 2.75) is 13.8 Å². The first-order chi connectivity index (χ1) is 7.66. The number of pyridine rings is 1. The maximum absolute atomic E-state index is 11.1. The van der Waals surface area contributed by atoms with Gasteiger partial charge < -0.3 is 0 Å². The van der Waals surface area contributed by atoms with Crippen LogP contribution in [0.1, 0.15) is 23.0 Å². The van der Waals surface area contributed by atoms with Crippen LogP contribution in [-0.2, 0) is 0 Å². The zero-order valence-corrected chi connectivity index (χ0v) is 9.40. The Kier molecular flexibility index (Phi) is 2.82. The third-order valence-electron chi connectivity index (χ3n) is 2.54. The van der Waals surface area contributed by atoms with E-state index in [1.165, 1.54) is 0 Å². The minimum atomic E-state index is 0.0913. The fourth-order valence-electron chi connectivity index (χ4n) is 1.54. The van der Waals surface area contributed by atoms with Gasteiger partial charge in [-0.1, -0.05) is 30.3 Å². The number of ketones is 1. The highest BCUT2D eigenvalue weighted by Crippen LogP contribution is 2.19. The lowest BCUT2D eigenvalue weighted by Gasteiger charge is -2.02. The molecule has 2 nitrogen and oxygen atoms in total. The van der Waals surface area contributed by atoms with Gasteiger partial charge >= 0.3 is 0 Å². The zero-order valence-electron chi connectivity index (χ0n) is 9.40. The van der Waals surface area contributed by atoms with Gasteiger partial charge in [0.1, 0.15) is 0 Å². The lowest BCUT2D eigenvalue weighted by atomic mass is 10.0. The highest BCUT2D eigenvalue weighted by molar-refractivity contribution is 5.94. The van der Waals surface area contributed by atoms with Gasteiger partial charge in [-0.25, -0.2) is 0 Å². The molecule has 1 aromatic heterocycles. The molecule has 2 aromatic rings. The van der Waals surface area contributed by atoms with Crippen molar-refractivity contribution in [3.8, 4) is 11.1 Å². The number of carbonyl (C=O) groups is 1. The smallest absolute Gasteiger partial charge is 0.159 e. The Hall–Kier alpha value is -1.96. The fraction of sp³-hybridized carbons (Fsp3) is 0.143. The van der Waals surface area contributed by atoms with Crippen molar-refractivity contribution in [3.05, 3.63) is 53.9 Å². The molecular weight excluding hydrogens is 198 g/mol. The fourth-order valence-corrected chi connectivity index (χ4v) is 1.54.